The Labute approximate surface area is 253 Å². The van der Waals surface area contributed by atoms with Crippen LogP contribution in [-0.2, 0) is 11.3 Å². The van der Waals surface area contributed by atoms with Gasteiger partial charge >= 0.3 is 0 Å². The van der Waals surface area contributed by atoms with Crippen LogP contribution in [0.3, 0.4) is 0 Å². The zero-order valence-electron chi connectivity index (χ0n) is 24.5. The van der Waals surface area contributed by atoms with Crippen molar-refractivity contribution < 1.29 is 18.3 Å². The minimum atomic E-state index is -0.384. The molecule has 0 unspecified atom stereocenters. The van der Waals surface area contributed by atoms with Crippen molar-refractivity contribution in [1.29, 1.82) is 0 Å². The number of nitrogen functional groups attached to an aromatic ring is 1. The number of imidazole rings is 1. The number of nitrogens with one attached hydrogen (secondary N) is 1. The highest BCUT2D eigenvalue weighted by Gasteiger charge is 2.24. The van der Waals surface area contributed by atoms with E-state index in [-0.39, 0.29) is 17.7 Å². The van der Waals surface area contributed by atoms with Gasteiger partial charge in [-0.2, -0.15) is 14.6 Å². The third-order valence-electron chi connectivity index (χ3n) is 8.55. The van der Waals surface area contributed by atoms with E-state index in [2.05, 4.69) is 30.2 Å². The predicted molar refractivity (Wildman–Crippen MR) is 163 cm³/mol. The van der Waals surface area contributed by atoms with Gasteiger partial charge in [0.1, 0.15) is 22.5 Å². The summed E-state index contributed by atoms with van der Waals surface area (Å²) >= 11 is 0. The van der Waals surface area contributed by atoms with Gasteiger partial charge in [0, 0.05) is 57.9 Å². The van der Waals surface area contributed by atoms with E-state index in [0.29, 0.717) is 67.1 Å². The highest BCUT2D eigenvalue weighted by atomic mass is 19.1. The summed E-state index contributed by atoms with van der Waals surface area (Å²) in [5, 5.41) is 7.42. The molecule has 2 aliphatic heterocycles. The van der Waals surface area contributed by atoms with Gasteiger partial charge in [-0.15, -0.1) is 0 Å². The average Bonchev–Trinajstić information content (AvgIpc) is 3.76. The molecule has 14 heteroatoms. The summed E-state index contributed by atoms with van der Waals surface area (Å²) in [6, 6.07) is 10.7. The van der Waals surface area contributed by atoms with Gasteiger partial charge in [-0.3, -0.25) is 14.6 Å². The van der Waals surface area contributed by atoms with Crippen molar-refractivity contribution in [3.63, 3.8) is 0 Å². The monoisotopic (exact) mass is 602 g/mol. The number of hydrogen-bond acceptors (Lipinski definition) is 10. The first kappa shape index (κ1) is 28.3. The van der Waals surface area contributed by atoms with Crippen molar-refractivity contribution >= 4 is 34.2 Å². The Hall–Kier alpha value is -4.53. The lowest BCUT2D eigenvalue weighted by molar-refractivity contribution is -0.0552. The second kappa shape index (κ2) is 11.9. The van der Waals surface area contributed by atoms with Crippen LogP contribution in [0.5, 0.6) is 0 Å². The zero-order chi connectivity index (χ0) is 30.2. The minimum Gasteiger partial charge on any atom is -0.463 e. The largest absolute Gasteiger partial charge is 0.463 e. The fourth-order valence-corrected chi connectivity index (χ4v) is 5.74. The van der Waals surface area contributed by atoms with Crippen LogP contribution in [0.25, 0.3) is 28.1 Å². The number of fused-ring (bicyclic) bond motifs is 3. The van der Waals surface area contributed by atoms with Crippen LogP contribution in [0.2, 0.25) is 0 Å². The number of anilines is 2. The number of amides is 1. The standard InChI is InChI=1S/C30H35FN10O3/c1-37(21-17-43-18-21)7-6-33-29(42)20-4-5-24(22(31)15-20)39-11-8-38(9-12-39)10-13-40-19-34-27-25-16-23(26-3-2-14-44-26)36-41(25)30(32)35-28(27)40/h2-5,14-16,19,21H,6-13,17-18H2,1H3,(H2,32,35)(H,33,42). The van der Waals surface area contributed by atoms with E-state index >= 15 is 4.39 Å². The van der Waals surface area contributed by atoms with Crippen LogP contribution in [0.4, 0.5) is 16.0 Å². The molecule has 0 atom stereocenters. The van der Waals surface area contributed by atoms with Crippen molar-refractivity contribution in [1.82, 2.24) is 39.3 Å². The number of carbonyl (C=O) groups excluding carboxylic acids is 1. The molecule has 7 rings (SSSR count). The second-order valence-corrected chi connectivity index (χ2v) is 11.3. The topological polar surface area (TPSA) is 135 Å². The molecule has 2 saturated heterocycles. The Morgan fingerprint density at radius 1 is 1.16 bits per heavy atom. The number of benzene rings is 1. The van der Waals surface area contributed by atoms with Crippen LogP contribution in [0.1, 0.15) is 10.4 Å². The Morgan fingerprint density at radius 3 is 2.73 bits per heavy atom. The van der Waals surface area contributed by atoms with E-state index < -0.39 is 0 Å². The van der Waals surface area contributed by atoms with Crippen LogP contribution in [-0.4, -0.2) is 112 Å². The fourth-order valence-electron chi connectivity index (χ4n) is 5.74. The number of likely N-dealkylation sites (N-methyl/N-ethyl adjacent to an activating group) is 1. The second-order valence-electron chi connectivity index (χ2n) is 11.3. The molecule has 13 nitrogen and oxygen atoms in total. The number of nitrogens with two attached hydrogens (primary N) is 1. The molecule has 0 saturated carbocycles. The zero-order valence-corrected chi connectivity index (χ0v) is 24.5. The first-order valence-electron chi connectivity index (χ1n) is 14.8. The molecule has 0 spiro atoms. The van der Waals surface area contributed by atoms with Gasteiger partial charge in [-0.25, -0.2) is 9.37 Å². The van der Waals surface area contributed by atoms with Crippen molar-refractivity contribution in [2.45, 2.75) is 12.6 Å². The maximum absolute atomic E-state index is 15.1. The van der Waals surface area contributed by atoms with Gasteiger partial charge < -0.3 is 29.7 Å². The first-order valence-corrected chi connectivity index (χ1v) is 14.8. The minimum absolute atomic E-state index is 0.270. The molecule has 0 bridgehead atoms. The van der Waals surface area contributed by atoms with Gasteiger partial charge in [-0.05, 0) is 43.4 Å². The number of halogens is 1. The van der Waals surface area contributed by atoms with Crippen LogP contribution in [0.15, 0.2) is 53.4 Å². The Balaban J connectivity index is 0.933. The van der Waals surface area contributed by atoms with E-state index in [9.17, 15) is 4.79 Å². The molecule has 2 aliphatic rings. The van der Waals surface area contributed by atoms with E-state index in [1.165, 1.54) is 6.07 Å². The lowest BCUT2D eigenvalue weighted by Gasteiger charge is -2.36. The number of nitrogens with zero attached hydrogens (tertiary/aromatic N) is 8. The average molecular weight is 603 g/mol. The molecular formula is C30H35FN10O3. The molecule has 1 aromatic carbocycles. The number of ether oxygens (including phenoxy) is 1. The summed E-state index contributed by atoms with van der Waals surface area (Å²) in [5.41, 5.74) is 9.95. The SMILES string of the molecule is CN(CCNC(=O)c1ccc(N2CCN(CCn3cnc4c3nc(N)n3nc(-c5ccco5)cc43)CC2)c(F)c1)C1COC1. The van der Waals surface area contributed by atoms with Crippen molar-refractivity contribution in [3.05, 3.63) is 60.4 Å². The fraction of sp³-hybridized carbons (Fsp3) is 0.400. The van der Waals surface area contributed by atoms with Crippen molar-refractivity contribution in [2.75, 3.05) is 76.7 Å². The molecule has 6 heterocycles. The quantitative estimate of drug-likeness (QED) is 0.244. The number of hydrogen-bond donors (Lipinski definition) is 2. The highest BCUT2D eigenvalue weighted by molar-refractivity contribution is 5.94. The Morgan fingerprint density at radius 2 is 2.00 bits per heavy atom. The molecule has 1 amide bonds. The van der Waals surface area contributed by atoms with E-state index in [4.69, 9.17) is 14.9 Å². The summed E-state index contributed by atoms with van der Waals surface area (Å²) < 4.78 is 29.4. The molecule has 3 N–H and O–H groups in total. The van der Waals surface area contributed by atoms with Gasteiger partial charge in [0.2, 0.25) is 5.95 Å². The van der Waals surface area contributed by atoms with Crippen LogP contribution >= 0.6 is 0 Å². The lowest BCUT2D eigenvalue weighted by Crippen LogP contribution is -2.49. The van der Waals surface area contributed by atoms with Crippen molar-refractivity contribution in [2.24, 2.45) is 0 Å². The predicted octanol–water partition coefficient (Wildman–Crippen LogP) is 1.94. The van der Waals surface area contributed by atoms with E-state index in [0.717, 1.165) is 43.9 Å². The van der Waals surface area contributed by atoms with Gasteiger partial charge in [-0.1, -0.05) is 0 Å². The maximum atomic E-state index is 15.1. The van der Waals surface area contributed by atoms with Crippen molar-refractivity contribution in [3.8, 4) is 11.5 Å². The summed E-state index contributed by atoms with van der Waals surface area (Å²) in [7, 11) is 2.01. The number of aromatic nitrogens is 5. The Kier molecular flexibility index (Phi) is 7.62. The Bertz CT molecular complexity index is 1770. The van der Waals surface area contributed by atoms with Crippen LogP contribution < -0.4 is 16.0 Å². The van der Waals surface area contributed by atoms with E-state index in [1.807, 2.05) is 34.7 Å². The third-order valence-corrected chi connectivity index (χ3v) is 8.55. The molecule has 4 aromatic heterocycles. The molecule has 44 heavy (non-hydrogen) atoms. The number of piperazine rings is 1. The first-order chi connectivity index (χ1) is 21.4. The molecule has 230 valence electrons. The maximum Gasteiger partial charge on any atom is 0.251 e. The summed E-state index contributed by atoms with van der Waals surface area (Å²) in [4.78, 5) is 28.3. The van der Waals surface area contributed by atoms with E-state index in [1.54, 1.807) is 29.2 Å². The third kappa shape index (κ3) is 5.47. The molecule has 2 fully saturated rings. The molecule has 0 radical (unpaired) electrons. The number of rotatable bonds is 10. The molecular weight excluding hydrogens is 567 g/mol. The van der Waals surface area contributed by atoms with Gasteiger partial charge in [0.15, 0.2) is 11.4 Å². The van der Waals surface area contributed by atoms with Gasteiger partial charge in [0.25, 0.3) is 5.91 Å². The summed E-state index contributed by atoms with van der Waals surface area (Å²) in [6.45, 7) is 7.06. The number of carbonyl (C=O) groups is 1. The highest BCUT2D eigenvalue weighted by Crippen LogP contribution is 2.26. The van der Waals surface area contributed by atoms with Crippen LogP contribution in [0, 0.1) is 5.82 Å². The molecule has 5 aromatic rings. The molecule has 0 aliphatic carbocycles. The smallest absolute Gasteiger partial charge is 0.251 e. The lowest BCUT2D eigenvalue weighted by atomic mass is 10.1. The van der Waals surface area contributed by atoms with Gasteiger partial charge in [0.05, 0.1) is 37.5 Å². The summed E-state index contributed by atoms with van der Waals surface area (Å²) in [6.07, 6.45) is 3.38. The normalized spacial score (nSPS) is 16.3. The number of furan rings is 1. The summed E-state index contributed by atoms with van der Waals surface area (Å²) in [5.74, 6) is 0.271.